The van der Waals surface area contributed by atoms with E-state index in [4.69, 9.17) is 28.0 Å². The normalized spacial score (nSPS) is 13.1. The SMILES string of the molecule is NCCCCC(NC(=O)CNC(=O)CNC(=O)C(CCCN=C(N)N)NC(=O)C(N)Cc1ccccc1)C(=O)NC(CO)C(=O)NCC(=O)NC(CCC(=O)O)C(=O)O. The van der Waals surface area contributed by atoms with Gasteiger partial charge in [-0.25, -0.2) is 4.79 Å². The van der Waals surface area contributed by atoms with Crippen LogP contribution in [-0.4, -0.2) is 144 Å². The molecule has 24 heteroatoms. The minimum absolute atomic E-state index is 0.0270. The number of benzene rings is 1. The molecule has 18 N–H and O–H groups in total. The molecule has 0 fully saturated rings. The highest BCUT2D eigenvalue weighted by molar-refractivity contribution is 5.95. The lowest BCUT2D eigenvalue weighted by Crippen LogP contribution is -2.57. The number of carboxylic acid groups (broad SMARTS) is 2. The van der Waals surface area contributed by atoms with Crippen molar-refractivity contribution in [3.8, 4) is 0 Å². The van der Waals surface area contributed by atoms with Gasteiger partial charge in [0.05, 0.1) is 32.3 Å². The van der Waals surface area contributed by atoms with Crippen molar-refractivity contribution in [2.24, 2.45) is 27.9 Å². The van der Waals surface area contributed by atoms with Gasteiger partial charge >= 0.3 is 11.9 Å². The summed E-state index contributed by atoms with van der Waals surface area (Å²) in [5.74, 6) is -8.87. The largest absolute Gasteiger partial charge is 0.481 e. The number of aliphatic hydroxyl groups is 1. The Kier molecular flexibility index (Phi) is 24.1. The highest BCUT2D eigenvalue weighted by atomic mass is 16.4. The number of guanidine groups is 1. The predicted molar refractivity (Wildman–Crippen MR) is 209 cm³/mol. The molecule has 1 rings (SSSR count). The summed E-state index contributed by atoms with van der Waals surface area (Å²) in [6, 6.07) is 2.42. The van der Waals surface area contributed by atoms with Gasteiger partial charge in [-0.3, -0.25) is 43.3 Å². The van der Waals surface area contributed by atoms with Crippen LogP contribution >= 0.6 is 0 Å². The zero-order valence-corrected chi connectivity index (χ0v) is 32.4. The van der Waals surface area contributed by atoms with Crippen LogP contribution in [0.2, 0.25) is 0 Å². The molecule has 0 aliphatic rings. The molecular weight excluding hydrogens is 780 g/mol. The van der Waals surface area contributed by atoms with Crippen molar-refractivity contribution in [1.82, 2.24) is 37.2 Å². The fourth-order valence-electron chi connectivity index (χ4n) is 5.08. The van der Waals surface area contributed by atoms with E-state index < -0.39 is 123 Å². The monoisotopic (exact) mass is 836 g/mol. The first-order chi connectivity index (χ1) is 28.0. The van der Waals surface area contributed by atoms with Gasteiger partial charge in [0.2, 0.25) is 41.4 Å². The number of aliphatic imine (C=N–C) groups is 1. The molecule has 0 bridgehead atoms. The first-order valence-corrected chi connectivity index (χ1v) is 18.6. The van der Waals surface area contributed by atoms with E-state index in [2.05, 4.69) is 42.2 Å². The number of hydrogen-bond donors (Lipinski definition) is 14. The summed E-state index contributed by atoms with van der Waals surface area (Å²) >= 11 is 0. The quantitative estimate of drug-likeness (QED) is 0.0203. The Bertz CT molecular complexity index is 1610. The Labute approximate surface area is 339 Å². The number of aliphatic hydroxyl groups excluding tert-OH is 1. The van der Waals surface area contributed by atoms with Crippen LogP contribution in [0.4, 0.5) is 0 Å². The summed E-state index contributed by atoms with van der Waals surface area (Å²) in [6.45, 7) is -2.56. The molecule has 0 saturated heterocycles. The van der Waals surface area contributed by atoms with E-state index in [-0.39, 0.29) is 44.7 Å². The zero-order valence-electron chi connectivity index (χ0n) is 32.4. The number of nitrogens with one attached hydrogen (secondary N) is 7. The Balaban J connectivity index is 2.77. The van der Waals surface area contributed by atoms with E-state index in [1.165, 1.54) is 0 Å². The molecule has 5 unspecified atom stereocenters. The summed E-state index contributed by atoms with van der Waals surface area (Å²) < 4.78 is 0. The van der Waals surface area contributed by atoms with Crippen molar-refractivity contribution in [2.45, 2.75) is 81.6 Å². The van der Waals surface area contributed by atoms with E-state index >= 15 is 0 Å². The number of carboxylic acids is 2. The molecule has 0 aliphatic carbocycles. The number of unbranched alkanes of at least 4 members (excludes halogenated alkanes) is 1. The van der Waals surface area contributed by atoms with Gasteiger partial charge in [-0.05, 0) is 57.1 Å². The molecule has 5 atom stereocenters. The molecule has 0 saturated carbocycles. The lowest BCUT2D eigenvalue weighted by atomic mass is 10.0. The van der Waals surface area contributed by atoms with Crippen LogP contribution in [-0.2, 0) is 49.6 Å². The van der Waals surface area contributed by atoms with E-state index in [1.807, 2.05) is 6.07 Å². The van der Waals surface area contributed by atoms with Crippen LogP contribution in [0.3, 0.4) is 0 Å². The first kappa shape index (κ1) is 50.6. The van der Waals surface area contributed by atoms with Crippen molar-refractivity contribution in [3.05, 3.63) is 35.9 Å². The van der Waals surface area contributed by atoms with Crippen molar-refractivity contribution < 1.29 is 58.5 Å². The summed E-state index contributed by atoms with van der Waals surface area (Å²) in [4.78, 5) is 115. The Morgan fingerprint density at radius 3 is 1.75 bits per heavy atom. The molecule has 0 aromatic heterocycles. The van der Waals surface area contributed by atoms with Crippen molar-refractivity contribution >= 4 is 59.2 Å². The lowest BCUT2D eigenvalue weighted by Gasteiger charge is -2.22. The molecule has 0 heterocycles. The van der Waals surface area contributed by atoms with Crippen LogP contribution in [0.25, 0.3) is 0 Å². The first-order valence-electron chi connectivity index (χ1n) is 18.6. The van der Waals surface area contributed by atoms with Gasteiger partial charge in [0.15, 0.2) is 5.96 Å². The van der Waals surface area contributed by atoms with E-state index in [9.17, 15) is 53.4 Å². The topological polar surface area (TPSA) is 415 Å². The Morgan fingerprint density at radius 2 is 1.17 bits per heavy atom. The zero-order chi connectivity index (χ0) is 44.3. The van der Waals surface area contributed by atoms with Crippen LogP contribution in [0.15, 0.2) is 35.3 Å². The number of carbonyl (C=O) groups is 9. The van der Waals surface area contributed by atoms with Gasteiger partial charge < -0.3 is 75.5 Å². The second-order valence-corrected chi connectivity index (χ2v) is 13.1. The maximum absolute atomic E-state index is 13.1. The van der Waals surface area contributed by atoms with E-state index in [1.54, 1.807) is 24.3 Å². The number of nitrogens with two attached hydrogens (primary N) is 4. The number of hydrogen-bond acceptors (Lipinski definition) is 13. The number of rotatable bonds is 29. The summed E-state index contributed by atoms with van der Waals surface area (Å²) in [5, 5.41) is 43.8. The van der Waals surface area contributed by atoms with Crippen molar-refractivity contribution in [3.63, 3.8) is 0 Å². The maximum atomic E-state index is 13.1. The number of carbonyl (C=O) groups excluding carboxylic acids is 7. The highest BCUT2D eigenvalue weighted by Crippen LogP contribution is 2.05. The van der Waals surface area contributed by atoms with Crippen molar-refractivity contribution in [1.29, 1.82) is 0 Å². The highest BCUT2D eigenvalue weighted by Gasteiger charge is 2.28. The molecule has 0 radical (unpaired) electrons. The van der Waals surface area contributed by atoms with Crippen LogP contribution < -0.4 is 60.2 Å². The standard InChI is InChI=1S/C35H56N12O12/c36-13-5-4-9-23(33(57)47-25(19-48)32(56)43-18-28(51)45-24(34(58)59)11-12-29(52)53)44-27(50)17-41-26(49)16-42-31(55)22(10-6-14-40-35(38)39)46-30(54)21(37)15-20-7-2-1-3-8-20/h1-3,7-8,21-25,48H,4-6,9-19,36-37H2,(H,41,49)(H,42,55)(H,43,56)(H,44,50)(H,45,51)(H,46,54)(H,47,57)(H,52,53)(H,58,59)(H4,38,39,40). The van der Waals surface area contributed by atoms with Crippen LogP contribution in [0, 0.1) is 0 Å². The van der Waals surface area contributed by atoms with Crippen LogP contribution in [0.1, 0.15) is 50.5 Å². The molecule has 1 aromatic carbocycles. The van der Waals surface area contributed by atoms with Crippen molar-refractivity contribution in [2.75, 3.05) is 39.3 Å². The average Bonchev–Trinajstić information content (AvgIpc) is 3.19. The summed E-state index contributed by atoms with van der Waals surface area (Å²) in [7, 11) is 0. The fourth-order valence-corrected chi connectivity index (χ4v) is 5.08. The molecule has 328 valence electrons. The molecule has 0 spiro atoms. The van der Waals surface area contributed by atoms with Gasteiger partial charge in [-0.1, -0.05) is 30.3 Å². The fraction of sp³-hybridized carbons (Fsp3) is 0.543. The average molecular weight is 837 g/mol. The number of nitrogens with zero attached hydrogens (tertiary/aromatic N) is 1. The minimum Gasteiger partial charge on any atom is -0.481 e. The molecule has 1 aromatic rings. The second-order valence-electron chi connectivity index (χ2n) is 13.1. The number of amides is 7. The smallest absolute Gasteiger partial charge is 0.326 e. The summed E-state index contributed by atoms with van der Waals surface area (Å²) in [6.07, 6.45) is 0.420. The molecule has 59 heavy (non-hydrogen) atoms. The van der Waals surface area contributed by atoms with E-state index in [0.717, 1.165) is 5.56 Å². The third kappa shape index (κ3) is 22.2. The van der Waals surface area contributed by atoms with Crippen LogP contribution in [0.5, 0.6) is 0 Å². The maximum Gasteiger partial charge on any atom is 0.326 e. The van der Waals surface area contributed by atoms with Gasteiger partial charge in [-0.15, -0.1) is 0 Å². The van der Waals surface area contributed by atoms with Gasteiger partial charge in [0, 0.05) is 13.0 Å². The molecule has 0 aliphatic heterocycles. The van der Waals surface area contributed by atoms with Gasteiger partial charge in [0.1, 0.15) is 24.2 Å². The van der Waals surface area contributed by atoms with Gasteiger partial charge in [0.25, 0.3) is 0 Å². The Morgan fingerprint density at radius 1 is 0.627 bits per heavy atom. The lowest BCUT2D eigenvalue weighted by molar-refractivity contribution is -0.143. The van der Waals surface area contributed by atoms with E-state index in [0.29, 0.717) is 12.8 Å². The minimum atomic E-state index is -1.62. The molecular formula is C35H56N12O12. The summed E-state index contributed by atoms with van der Waals surface area (Å²) in [5.41, 5.74) is 23.1. The number of aliphatic carboxylic acids is 2. The second kappa shape index (κ2) is 28.1. The third-order valence-corrected chi connectivity index (χ3v) is 8.20. The van der Waals surface area contributed by atoms with Gasteiger partial charge in [-0.2, -0.15) is 0 Å². The molecule has 24 nitrogen and oxygen atoms in total. The predicted octanol–water partition coefficient (Wildman–Crippen LogP) is -6.03. The third-order valence-electron chi connectivity index (χ3n) is 8.20. The Hall–Kier alpha value is -6.40. The molecule has 7 amide bonds.